The summed E-state index contributed by atoms with van der Waals surface area (Å²) >= 11 is 6.24. The molecule has 0 aliphatic carbocycles. The standard InChI is InChI=1S/C29H27ClN2O3/c1-19-27-16-31-29(15-26(27)25-13-8-22(30)14-28(25)35-19)32(17-20-4-9-23(33-2)10-5-20)18-21-6-11-24(34-3)12-7-21/h4-16,19H,17-18H2,1-3H3. The number of rotatable bonds is 7. The predicted molar refractivity (Wildman–Crippen MR) is 140 cm³/mol. The molecule has 3 aromatic carbocycles. The lowest BCUT2D eigenvalue weighted by Gasteiger charge is -2.29. The molecule has 0 N–H and O–H groups in total. The van der Waals surface area contributed by atoms with Gasteiger partial charge in [-0.3, -0.25) is 0 Å². The first kappa shape index (κ1) is 23.1. The van der Waals surface area contributed by atoms with Gasteiger partial charge in [0.15, 0.2) is 0 Å². The van der Waals surface area contributed by atoms with Crippen LogP contribution in [0.2, 0.25) is 5.02 Å². The van der Waals surface area contributed by atoms with Gasteiger partial charge in [-0.15, -0.1) is 0 Å². The first-order valence-electron chi connectivity index (χ1n) is 11.5. The van der Waals surface area contributed by atoms with Crippen molar-refractivity contribution in [2.24, 2.45) is 0 Å². The minimum absolute atomic E-state index is 0.103. The van der Waals surface area contributed by atoms with Gasteiger partial charge >= 0.3 is 0 Å². The molecule has 178 valence electrons. The molecule has 0 bridgehead atoms. The normalized spacial score (nSPS) is 13.9. The fourth-order valence-corrected chi connectivity index (χ4v) is 4.54. The number of benzene rings is 3. The van der Waals surface area contributed by atoms with Crippen LogP contribution in [-0.2, 0) is 13.1 Å². The lowest BCUT2D eigenvalue weighted by Crippen LogP contribution is -2.24. The van der Waals surface area contributed by atoms with Gasteiger partial charge in [-0.1, -0.05) is 35.9 Å². The first-order chi connectivity index (χ1) is 17.0. The topological polar surface area (TPSA) is 43.8 Å². The molecule has 0 saturated carbocycles. The highest BCUT2D eigenvalue weighted by Crippen LogP contribution is 2.44. The van der Waals surface area contributed by atoms with Crippen molar-refractivity contribution in [3.8, 4) is 28.4 Å². The van der Waals surface area contributed by atoms with Gasteiger partial charge in [0, 0.05) is 35.4 Å². The molecule has 1 aromatic heterocycles. The Morgan fingerprint density at radius 1 is 0.829 bits per heavy atom. The van der Waals surface area contributed by atoms with Crippen molar-refractivity contribution in [3.63, 3.8) is 0 Å². The molecule has 6 heteroatoms. The molecule has 0 radical (unpaired) electrons. The van der Waals surface area contributed by atoms with Crippen molar-refractivity contribution in [1.82, 2.24) is 4.98 Å². The van der Waals surface area contributed by atoms with Gasteiger partial charge in [0.1, 0.15) is 29.2 Å². The Balaban J connectivity index is 1.53. The van der Waals surface area contributed by atoms with Gasteiger partial charge in [-0.2, -0.15) is 0 Å². The summed E-state index contributed by atoms with van der Waals surface area (Å²) in [6.45, 7) is 3.43. The second kappa shape index (κ2) is 9.88. The number of hydrogen-bond donors (Lipinski definition) is 0. The Hall–Kier alpha value is -3.70. The van der Waals surface area contributed by atoms with Crippen molar-refractivity contribution in [3.05, 3.63) is 101 Å². The number of ether oxygens (including phenoxy) is 3. The van der Waals surface area contributed by atoms with Crippen LogP contribution in [-0.4, -0.2) is 19.2 Å². The first-order valence-corrected chi connectivity index (χ1v) is 11.9. The van der Waals surface area contributed by atoms with E-state index in [1.54, 1.807) is 14.2 Å². The molecule has 35 heavy (non-hydrogen) atoms. The number of aromatic nitrogens is 1. The lowest BCUT2D eigenvalue weighted by molar-refractivity contribution is 0.223. The number of fused-ring (bicyclic) bond motifs is 3. The molecule has 0 spiro atoms. The van der Waals surface area contributed by atoms with Gasteiger partial charge in [-0.05, 0) is 72.1 Å². The van der Waals surface area contributed by atoms with Crippen molar-refractivity contribution < 1.29 is 14.2 Å². The predicted octanol–water partition coefficient (Wildman–Crippen LogP) is 7.08. The number of pyridine rings is 1. The highest BCUT2D eigenvalue weighted by atomic mass is 35.5. The van der Waals surface area contributed by atoms with E-state index in [0.717, 1.165) is 39.8 Å². The van der Waals surface area contributed by atoms with Gasteiger partial charge in [0.2, 0.25) is 0 Å². The summed E-state index contributed by atoms with van der Waals surface area (Å²) in [5, 5.41) is 0.661. The minimum atomic E-state index is -0.103. The maximum atomic E-state index is 6.24. The second-order valence-corrected chi connectivity index (χ2v) is 9.02. The van der Waals surface area contributed by atoms with Crippen LogP contribution in [0.15, 0.2) is 79.0 Å². The third kappa shape index (κ3) is 4.91. The summed E-state index contributed by atoms with van der Waals surface area (Å²) in [5.41, 5.74) is 5.55. The van der Waals surface area contributed by atoms with Crippen LogP contribution in [0.4, 0.5) is 5.82 Å². The third-order valence-electron chi connectivity index (χ3n) is 6.28. The number of nitrogens with zero attached hydrogens (tertiary/aromatic N) is 2. The van der Waals surface area contributed by atoms with Crippen molar-refractivity contribution in [2.45, 2.75) is 26.1 Å². The molecule has 1 aliphatic heterocycles. The van der Waals surface area contributed by atoms with E-state index in [4.69, 9.17) is 30.8 Å². The molecule has 5 nitrogen and oxygen atoms in total. The Morgan fingerprint density at radius 2 is 1.43 bits per heavy atom. The molecule has 1 aliphatic rings. The zero-order valence-corrected chi connectivity index (χ0v) is 20.8. The monoisotopic (exact) mass is 486 g/mol. The van der Waals surface area contributed by atoms with Gasteiger partial charge in [-0.25, -0.2) is 4.98 Å². The highest BCUT2D eigenvalue weighted by Gasteiger charge is 2.25. The summed E-state index contributed by atoms with van der Waals surface area (Å²) in [6.07, 6.45) is 1.83. The molecular formula is C29H27ClN2O3. The van der Waals surface area contributed by atoms with Crippen molar-refractivity contribution in [1.29, 1.82) is 0 Å². The highest BCUT2D eigenvalue weighted by molar-refractivity contribution is 6.30. The summed E-state index contributed by atoms with van der Waals surface area (Å²) < 4.78 is 16.8. The zero-order valence-electron chi connectivity index (χ0n) is 20.0. The van der Waals surface area contributed by atoms with E-state index in [1.165, 1.54) is 11.1 Å². The van der Waals surface area contributed by atoms with E-state index in [2.05, 4.69) is 35.2 Å². The average Bonchev–Trinajstić information content (AvgIpc) is 2.89. The Morgan fingerprint density at radius 3 is 2.00 bits per heavy atom. The van der Waals surface area contributed by atoms with Gasteiger partial charge in [0.25, 0.3) is 0 Å². The van der Waals surface area contributed by atoms with Crippen molar-refractivity contribution >= 4 is 17.4 Å². The maximum absolute atomic E-state index is 6.24. The Labute approximate surface area is 210 Å². The van der Waals surface area contributed by atoms with E-state index in [9.17, 15) is 0 Å². The maximum Gasteiger partial charge on any atom is 0.129 e. The van der Waals surface area contributed by atoms with Crippen LogP contribution in [0.25, 0.3) is 11.1 Å². The van der Waals surface area contributed by atoms with E-state index in [0.29, 0.717) is 18.1 Å². The SMILES string of the molecule is COc1ccc(CN(Cc2ccc(OC)cc2)c2cc3c(cn2)C(C)Oc2cc(Cl)ccc2-3)cc1. The third-order valence-corrected chi connectivity index (χ3v) is 6.52. The smallest absolute Gasteiger partial charge is 0.129 e. The van der Waals surface area contributed by atoms with Crippen LogP contribution < -0.4 is 19.1 Å². The lowest BCUT2D eigenvalue weighted by atomic mass is 9.95. The largest absolute Gasteiger partial charge is 0.497 e. The summed E-state index contributed by atoms with van der Waals surface area (Å²) in [6, 6.07) is 24.3. The molecule has 2 heterocycles. The van der Waals surface area contributed by atoms with Gasteiger partial charge < -0.3 is 19.1 Å². The van der Waals surface area contributed by atoms with Crippen molar-refractivity contribution in [2.75, 3.05) is 19.1 Å². The number of anilines is 1. The summed E-state index contributed by atoms with van der Waals surface area (Å²) in [4.78, 5) is 7.14. The Bertz CT molecular complexity index is 1270. The van der Waals surface area contributed by atoms with Crippen LogP contribution in [0, 0.1) is 0 Å². The van der Waals surface area contributed by atoms with E-state index in [-0.39, 0.29) is 6.10 Å². The Kier molecular flexibility index (Phi) is 6.51. The van der Waals surface area contributed by atoms with E-state index in [1.807, 2.05) is 55.6 Å². The average molecular weight is 487 g/mol. The molecule has 0 fully saturated rings. The molecule has 1 atom stereocenters. The van der Waals surface area contributed by atoms with Crippen LogP contribution in [0.1, 0.15) is 29.7 Å². The molecule has 5 rings (SSSR count). The molecule has 0 amide bonds. The summed E-state index contributed by atoms with van der Waals surface area (Å²) in [5.74, 6) is 3.37. The quantitative estimate of drug-likeness (QED) is 0.279. The van der Waals surface area contributed by atoms with Crippen LogP contribution in [0.5, 0.6) is 17.2 Å². The fourth-order valence-electron chi connectivity index (χ4n) is 4.38. The van der Waals surface area contributed by atoms with E-state index >= 15 is 0 Å². The molecular weight excluding hydrogens is 460 g/mol. The minimum Gasteiger partial charge on any atom is -0.497 e. The number of halogens is 1. The number of hydrogen-bond acceptors (Lipinski definition) is 5. The summed E-state index contributed by atoms with van der Waals surface area (Å²) in [7, 11) is 3.36. The van der Waals surface area contributed by atoms with Crippen LogP contribution >= 0.6 is 11.6 Å². The number of methoxy groups -OCH3 is 2. The molecule has 0 saturated heterocycles. The molecule has 1 unspecified atom stereocenters. The van der Waals surface area contributed by atoms with Crippen LogP contribution in [0.3, 0.4) is 0 Å². The second-order valence-electron chi connectivity index (χ2n) is 8.58. The van der Waals surface area contributed by atoms with E-state index < -0.39 is 0 Å². The fraction of sp³-hybridized carbons (Fsp3) is 0.207. The molecule has 4 aromatic rings. The zero-order chi connectivity index (χ0) is 24.4. The van der Waals surface area contributed by atoms with Gasteiger partial charge in [0.05, 0.1) is 14.2 Å².